The van der Waals surface area contributed by atoms with Gasteiger partial charge in [-0.2, -0.15) is 0 Å². The number of hydrogen-bond donors (Lipinski definition) is 0. The highest BCUT2D eigenvalue weighted by molar-refractivity contribution is 5.72. The van der Waals surface area contributed by atoms with Crippen LogP contribution in [0.3, 0.4) is 0 Å². The van der Waals surface area contributed by atoms with Crippen molar-refractivity contribution in [2.75, 3.05) is 39.5 Å². The van der Waals surface area contributed by atoms with Crippen molar-refractivity contribution in [1.82, 2.24) is 4.90 Å². The molecule has 140 valence electrons. The van der Waals surface area contributed by atoms with Crippen LogP contribution in [0.25, 0.3) is 11.3 Å². The molecule has 0 saturated carbocycles. The summed E-state index contributed by atoms with van der Waals surface area (Å²) in [5.41, 5.74) is 2.52. The summed E-state index contributed by atoms with van der Waals surface area (Å²) in [6.45, 7) is 4.66. The Morgan fingerprint density at radius 2 is 2.08 bits per heavy atom. The summed E-state index contributed by atoms with van der Waals surface area (Å²) in [5, 5.41) is 0. The summed E-state index contributed by atoms with van der Waals surface area (Å²) in [4.78, 5) is 14.4. The van der Waals surface area contributed by atoms with Gasteiger partial charge in [0, 0.05) is 18.7 Å². The molecule has 0 N–H and O–H groups in total. The number of fused-ring (bicyclic) bond motifs is 1. The molecular weight excluding hydrogens is 330 g/mol. The van der Waals surface area contributed by atoms with E-state index >= 15 is 0 Å². The van der Waals surface area contributed by atoms with Gasteiger partial charge in [-0.1, -0.05) is 12.1 Å². The zero-order valence-electron chi connectivity index (χ0n) is 15.2. The van der Waals surface area contributed by atoms with Crippen molar-refractivity contribution in [2.45, 2.75) is 31.6 Å². The van der Waals surface area contributed by atoms with E-state index in [0.29, 0.717) is 19.1 Å². The Labute approximate surface area is 154 Å². The van der Waals surface area contributed by atoms with Crippen molar-refractivity contribution in [3.8, 4) is 11.3 Å². The zero-order valence-corrected chi connectivity index (χ0v) is 15.2. The van der Waals surface area contributed by atoms with Crippen LogP contribution in [0.2, 0.25) is 0 Å². The number of esters is 1. The molecule has 1 atom stereocenters. The molecule has 26 heavy (non-hydrogen) atoms. The van der Waals surface area contributed by atoms with Gasteiger partial charge in [-0.3, -0.25) is 9.69 Å². The first-order chi connectivity index (χ1) is 12.8. The smallest absolute Gasteiger partial charge is 0.311 e. The number of hydrogen-bond acceptors (Lipinski definition) is 5. The fourth-order valence-electron chi connectivity index (χ4n) is 4.12. The van der Waals surface area contributed by atoms with Gasteiger partial charge in [0.15, 0.2) is 0 Å². The lowest BCUT2D eigenvalue weighted by atomic mass is 9.90. The lowest BCUT2D eigenvalue weighted by Crippen LogP contribution is -2.36. The van der Waals surface area contributed by atoms with Gasteiger partial charge in [0.25, 0.3) is 0 Å². The number of nitrogens with zero attached hydrogens (tertiary/aromatic N) is 1. The summed E-state index contributed by atoms with van der Waals surface area (Å²) in [6, 6.07) is 8.40. The molecule has 1 unspecified atom stereocenters. The van der Waals surface area contributed by atoms with Crippen LogP contribution in [0.15, 0.2) is 34.9 Å². The molecule has 0 bridgehead atoms. The van der Waals surface area contributed by atoms with Crippen molar-refractivity contribution in [1.29, 1.82) is 0 Å². The average Bonchev–Trinajstić information content (AvgIpc) is 3.13. The van der Waals surface area contributed by atoms with Gasteiger partial charge in [-0.25, -0.2) is 0 Å². The molecule has 0 spiro atoms. The van der Waals surface area contributed by atoms with Gasteiger partial charge < -0.3 is 13.9 Å². The molecule has 5 nitrogen and oxygen atoms in total. The zero-order chi connectivity index (χ0) is 17.8. The van der Waals surface area contributed by atoms with Crippen LogP contribution >= 0.6 is 0 Å². The molecule has 3 heterocycles. The second kappa shape index (κ2) is 8.23. The fourth-order valence-corrected chi connectivity index (χ4v) is 4.12. The van der Waals surface area contributed by atoms with Crippen molar-refractivity contribution >= 4 is 5.97 Å². The standard InChI is InChI=1S/C21H27NO4/c23-21(18-4-1-12-24-15-18)26-14-11-22-9-7-16(8-10-22)19-6-5-17-3-2-13-25-20(17)19/h2-3,5-6,13,16,18H,1,4,7-12,14-15H2. The van der Waals surface area contributed by atoms with Crippen molar-refractivity contribution in [3.63, 3.8) is 0 Å². The Balaban J connectivity index is 1.21. The van der Waals surface area contributed by atoms with E-state index in [4.69, 9.17) is 13.9 Å². The summed E-state index contributed by atoms with van der Waals surface area (Å²) >= 11 is 0. The predicted molar refractivity (Wildman–Crippen MR) is 98.2 cm³/mol. The normalized spacial score (nSPS) is 22.5. The first kappa shape index (κ1) is 17.6. The highest BCUT2D eigenvalue weighted by Crippen LogP contribution is 2.37. The van der Waals surface area contributed by atoms with E-state index in [-0.39, 0.29) is 11.9 Å². The van der Waals surface area contributed by atoms with Crippen molar-refractivity contribution < 1.29 is 18.7 Å². The van der Waals surface area contributed by atoms with Crippen LogP contribution in [0.4, 0.5) is 0 Å². The van der Waals surface area contributed by atoms with Crippen LogP contribution in [0.1, 0.15) is 37.2 Å². The highest BCUT2D eigenvalue weighted by Gasteiger charge is 2.26. The largest absolute Gasteiger partial charge is 0.464 e. The topological polar surface area (TPSA) is 51.9 Å². The molecule has 0 aromatic rings. The predicted octanol–water partition coefficient (Wildman–Crippen LogP) is 3.53. The molecular formula is C21H27NO4. The van der Waals surface area contributed by atoms with Gasteiger partial charge >= 0.3 is 5.97 Å². The molecule has 2 saturated heterocycles. The minimum absolute atomic E-state index is 0.0659. The van der Waals surface area contributed by atoms with Gasteiger partial charge in [-0.05, 0) is 62.4 Å². The van der Waals surface area contributed by atoms with E-state index in [0.717, 1.165) is 57.7 Å². The first-order valence-corrected chi connectivity index (χ1v) is 9.74. The number of ether oxygens (including phenoxy) is 2. The summed E-state index contributed by atoms with van der Waals surface area (Å²) < 4.78 is 16.6. The van der Waals surface area contributed by atoms with Gasteiger partial charge in [0.05, 0.1) is 18.8 Å². The van der Waals surface area contributed by atoms with E-state index < -0.39 is 0 Å². The fraction of sp³-hybridized carbons (Fsp3) is 0.571. The maximum Gasteiger partial charge on any atom is 0.311 e. The lowest BCUT2D eigenvalue weighted by molar-refractivity contribution is -0.153. The van der Waals surface area contributed by atoms with Crippen LogP contribution in [-0.2, 0) is 14.3 Å². The minimum atomic E-state index is -0.0931. The molecule has 0 aromatic heterocycles. The van der Waals surface area contributed by atoms with E-state index in [2.05, 4.69) is 23.1 Å². The summed E-state index contributed by atoms with van der Waals surface area (Å²) in [6.07, 6.45) is 5.84. The van der Waals surface area contributed by atoms with E-state index in [9.17, 15) is 4.79 Å². The van der Waals surface area contributed by atoms with Crippen LogP contribution in [0.5, 0.6) is 0 Å². The Morgan fingerprint density at radius 3 is 2.88 bits per heavy atom. The molecule has 4 rings (SSSR count). The van der Waals surface area contributed by atoms with E-state index in [1.807, 2.05) is 6.07 Å². The molecule has 1 aliphatic carbocycles. The van der Waals surface area contributed by atoms with E-state index in [1.165, 1.54) is 11.1 Å². The van der Waals surface area contributed by atoms with Gasteiger partial charge in [0.2, 0.25) is 0 Å². The summed E-state index contributed by atoms with van der Waals surface area (Å²) in [7, 11) is 0. The van der Waals surface area contributed by atoms with Crippen LogP contribution < -0.4 is 0 Å². The molecule has 0 aromatic carbocycles. The Kier molecular flexibility index (Phi) is 5.56. The third-order valence-electron chi connectivity index (χ3n) is 5.68. The van der Waals surface area contributed by atoms with Crippen molar-refractivity contribution in [3.05, 3.63) is 36.1 Å². The first-order valence-electron chi connectivity index (χ1n) is 9.74. The lowest BCUT2D eigenvalue weighted by Gasteiger charge is -2.32. The number of piperidine rings is 1. The molecule has 0 radical (unpaired) electrons. The number of rotatable bonds is 5. The maximum atomic E-state index is 12.0. The Morgan fingerprint density at radius 1 is 1.19 bits per heavy atom. The molecule has 3 aliphatic heterocycles. The molecule has 4 aliphatic rings. The van der Waals surface area contributed by atoms with Crippen LogP contribution in [-0.4, -0.2) is 50.3 Å². The SMILES string of the molecule is O=C(OCCN1CCC(c2ccc3cccoc2-3)CC1)C1CCCOC1. The monoisotopic (exact) mass is 357 g/mol. The van der Waals surface area contributed by atoms with Gasteiger partial charge in [-0.15, -0.1) is 0 Å². The maximum absolute atomic E-state index is 12.0. The number of carbonyl (C=O) groups excluding carboxylic acids is 1. The molecule has 5 heteroatoms. The quantitative estimate of drug-likeness (QED) is 0.766. The number of likely N-dealkylation sites (tertiary alicyclic amines) is 1. The Hall–Kier alpha value is -1.85. The third-order valence-corrected chi connectivity index (χ3v) is 5.68. The van der Waals surface area contributed by atoms with Crippen LogP contribution in [0, 0.1) is 5.92 Å². The second-order valence-electron chi connectivity index (χ2n) is 7.38. The summed E-state index contributed by atoms with van der Waals surface area (Å²) in [5.74, 6) is 1.43. The highest BCUT2D eigenvalue weighted by atomic mass is 16.5. The minimum Gasteiger partial charge on any atom is -0.464 e. The third kappa shape index (κ3) is 3.94. The number of carbonyl (C=O) groups is 1. The van der Waals surface area contributed by atoms with Crippen molar-refractivity contribution in [2.24, 2.45) is 5.92 Å². The molecule has 0 amide bonds. The van der Waals surface area contributed by atoms with E-state index in [1.54, 1.807) is 6.26 Å². The molecule has 2 fully saturated rings. The average molecular weight is 357 g/mol. The van der Waals surface area contributed by atoms with Gasteiger partial charge in [0.1, 0.15) is 12.4 Å². The second-order valence-corrected chi connectivity index (χ2v) is 7.38. The Bertz CT molecular complexity index is 683.